The number of aliphatic hydroxyl groups excluding tert-OH is 1. The lowest BCUT2D eigenvalue weighted by atomic mass is 10.1. The van der Waals surface area contributed by atoms with Gasteiger partial charge < -0.3 is 35.0 Å². The number of nitrogen functional groups attached to an aromatic ring is 1. The number of nitrogens with two attached hydrogens (primary N) is 1. The van der Waals surface area contributed by atoms with Crippen LogP contribution in [0.15, 0.2) is 36.9 Å². The fourth-order valence-corrected chi connectivity index (χ4v) is 7.22. The second kappa shape index (κ2) is 13.4. The van der Waals surface area contributed by atoms with E-state index in [1.807, 2.05) is 0 Å². The van der Waals surface area contributed by atoms with E-state index in [9.17, 15) is 33.5 Å². The van der Waals surface area contributed by atoms with Crippen LogP contribution in [0.4, 0.5) is 5.82 Å². The highest BCUT2D eigenvalue weighted by Crippen LogP contribution is 2.67. The molecule has 1 fully saturated rings. The number of rotatable bonds is 14. The Balaban J connectivity index is 1.27. The van der Waals surface area contributed by atoms with Gasteiger partial charge in [-0.15, -0.1) is 6.42 Å². The van der Waals surface area contributed by atoms with Gasteiger partial charge in [-0.2, -0.15) is 8.62 Å². The van der Waals surface area contributed by atoms with Crippen molar-refractivity contribution in [3.8, 4) is 12.3 Å². The lowest BCUT2D eigenvalue weighted by Gasteiger charge is -2.20. The Morgan fingerprint density at radius 3 is 2.31 bits per heavy atom. The number of phosphoric ester groups is 2. The van der Waals surface area contributed by atoms with Gasteiger partial charge in [0.2, 0.25) is 0 Å². The Hall–Kier alpha value is -2.58. The average Bonchev–Trinajstić information content (AvgIpc) is 3.50. The zero-order valence-electron chi connectivity index (χ0n) is 21.5. The summed E-state index contributed by atoms with van der Waals surface area (Å²) in [7, 11) is -16.4. The van der Waals surface area contributed by atoms with Gasteiger partial charge in [0.15, 0.2) is 11.5 Å². The molecule has 1 aromatic carbocycles. The largest absolute Gasteiger partial charge is 0.490 e. The molecule has 0 bridgehead atoms. The number of benzene rings is 1. The van der Waals surface area contributed by atoms with Gasteiger partial charge in [0, 0.05) is 6.42 Å². The summed E-state index contributed by atoms with van der Waals surface area (Å²) in [6, 6.07) is 6.32. The van der Waals surface area contributed by atoms with Crippen molar-refractivity contribution in [2.24, 2.45) is 0 Å². The van der Waals surface area contributed by atoms with E-state index in [0.717, 1.165) is 5.56 Å². The van der Waals surface area contributed by atoms with Crippen molar-refractivity contribution in [1.82, 2.24) is 19.5 Å². The number of anilines is 1. The SMILES string of the molecule is C#CCOCc1ccc(COP(=O)(O)OP(=O)(O)OP(=O)(O)OC[C@H]2O[C@@H](n3cnc4c(N)ncnc43)C[C@H]2O)cc1. The number of terminal acetylenes is 1. The Morgan fingerprint density at radius 2 is 1.64 bits per heavy atom. The Labute approximate surface area is 238 Å². The van der Waals surface area contributed by atoms with Gasteiger partial charge >= 0.3 is 23.5 Å². The van der Waals surface area contributed by atoms with Crippen LogP contribution < -0.4 is 5.73 Å². The first-order valence-electron chi connectivity index (χ1n) is 11.8. The van der Waals surface area contributed by atoms with Gasteiger partial charge in [-0.05, 0) is 11.1 Å². The van der Waals surface area contributed by atoms with Gasteiger partial charge in [-0.1, -0.05) is 30.2 Å². The predicted octanol–water partition coefficient (Wildman–Crippen LogP) is 1.77. The fraction of sp³-hybridized carbons (Fsp3) is 0.381. The predicted molar refractivity (Wildman–Crippen MR) is 142 cm³/mol. The molecule has 0 saturated carbocycles. The summed E-state index contributed by atoms with van der Waals surface area (Å²) >= 11 is 0. The number of aliphatic hydroxyl groups is 1. The van der Waals surface area contributed by atoms with Crippen molar-refractivity contribution in [2.45, 2.75) is 38.1 Å². The maximum Gasteiger partial charge on any atom is 0.490 e. The summed E-state index contributed by atoms with van der Waals surface area (Å²) < 4.78 is 66.5. The van der Waals surface area contributed by atoms with Crippen LogP contribution in [0.5, 0.6) is 0 Å². The van der Waals surface area contributed by atoms with E-state index in [1.165, 1.54) is 29.4 Å². The highest BCUT2D eigenvalue weighted by atomic mass is 31.3. The van der Waals surface area contributed by atoms with Crippen LogP contribution in [0.1, 0.15) is 23.8 Å². The van der Waals surface area contributed by atoms with E-state index in [1.54, 1.807) is 12.1 Å². The highest BCUT2D eigenvalue weighted by molar-refractivity contribution is 7.66. The summed E-state index contributed by atoms with van der Waals surface area (Å²) in [5.74, 6) is 2.44. The average molecular weight is 649 g/mol. The monoisotopic (exact) mass is 649 g/mol. The zero-order chi connectivity index (χ0) is 30.5. The number of hydrogen-bond donors (Lipinski definition) is 5. The molecule has 0 spiro atoms. The minimum atomic E-state index is -5.69. The maximum atomic E-state index is 12.3. The Morgan fingerprint density at radius 1 is 1.00 bits per heavy atom. The van der Waals surface area contributed by atoms with Gasteiger partial charge in [-0.25, -0.2) is 28.6 Å². The zero-order valence-corrected chi connectivity index (χ0v) is 24.2. The molecule has 1 aliphatic heterocycles. The number of ether oxygens (including phenoxy) is 2. The summed E-state index contributed by atoms with van der Waals surface area (Å²) in [6.07, 6.45) is 4.43. The lowest BCUT2D eigenvalue weighted by molar-refractivity contribution is -0.0423. The van der Waals surface area contributed by atoms with Crippen LogP contribution in [-0.2, 0) is 54.1 Å². The molecule has 6 atom stereocenters. The van der Waals surface area contributed by atoms with Crippen LogP contribution in [-0.4, -0.2) is 64.7 Å². The van der Waals surface area contributed by atoms with Crippen molar-refractivity contribution in [3.05, 3.63) is 48.0 Å². The minimum Gasteiger partial charge on any atom is -0.390 e. The van der Waals surface area contributed by atoms with Crippen LogP contribution in [0.3, 0.4) is 0 Å². The molecule has 3 heterocycles. The number of aromatic nitrogens is 4. The topological polar surface area (TPSA) is 257 Å². The summed E-state index contributed by atoms with van der Waals surface area (Å²) in [5, 5.41) is 10.3. The number of fused-ring (bicyclic) bond motifs is 1. The standard InChI is InChI=1S/C21H26N5O13P3/c1-2-7-34-9-14-3-5-15(6-4-14)10-35-40(28,29)38-42(32,33)39-41(30,31)36-11-17-16(27)8-18(37-17)26-13-25-19-20(22)23-12-24-21(19)26/h1,3-6,12-13,16-18,27H,7-11H2,(H,28,29)(H,30,31)(H,32,33)(H2,22,23,24)/t16-,17-,18-/m1/s1. The van der Waals surface area contributed by atoms with Crippen molar-refractivity contribution < 1.29 is 60.6 Å². The van der Waals surface area contributed by atoms with Crippen molar-refractivity contribution in [1.29, 1.82) is 0 Å². The molecule has 0 radical (unpaired) electrons. The van der Waals surface area contributed by atoms with E-state index in [2.05, 4.69) is 38.5 Å². The van der Waals surface area contributed by atoms with Gasteiger partial charge in [0.25, 0.3) is 0 Å². The van der Waals surface area contributed by atoms with E-state index >= 15 is 0 Å². The molecule has 1 aliphatic rings. The van der Waals surface area contributed by atoms with Crippen molar-refractivity contribution in [3.63, 3.8) is 0 Å². The smallest absolute Gasteiger partial charge is 0.390 e. The molecule has 3 unspecified atom stereocenters. The van der Waals surface area contributed by atoms with Crippen LogP contribution in [0.2, 0.25) is 0 Å². The molecular formula is C21H26N5O13P3. The minimum absolute atomic E-state index is 0.00507. The second-order valence-corrected chi connectivity index (χ2v) is 13.3. The number of hydrogen-bond acceptors (Lipinski definition) is 14. The first-order valence-corrected chi connectivity index (χ1v) is 16.3. The molecule has 42 heavy (non-hydrogen) atoms. The molecule has 0 aliphatic carbocycles. The molecule has 2 aromatic heterocycles. The molecular weight excluding hydrogens is 623 g/mol. The first-order chi connectivity index (χ1) is 19.8. The molecule has 6 N–H and O–H groups in total. The van der Waals surface area contributed by atoms with E-state index in [0.29, 0.717) is 16.7 Å². The van der Waals surface area contributed by atoms with Gasteiger partial charge in [0.1, 0.15) is 30.8 Å². The van der Waals surface area contributed by atoms with Crippen LogP contribution in [0, 0.1) is 12.3 Å². The van der Waals surface area contributed by atoms with E-state index < -0.39 is 55.1 Å². The van der Waals surface area contributed by atoms with Crippen LogP contribution in [0.25, 0.3) is 11.2 Å². The second-order valence-electron chi connectivity index (χ2n) is 8.67. The van der Waals surface area contributed by atoms with Gasteiger partial charge in [0.05, 0.1) is 32.3 Å². The summed E-state index contributed by atoms with van der Waals surface area (Å²) in [6.45, 7) is -0.958. The summed E-state index contributed by atoms with van der Waals surface area (Å²) in [4.78, 5) is 41.5. The van der Waals surface area contributed by atoms with Gasteiger partial charge in [-0.3, -0.25) is 13.6 Å². The van der Waals surface area contributed by atoms with Crippen LogP contribution >= 0.6 is 23.5 Å². The van der Waals surface area contributed by atoms with E-state index in [4.69, 9.17) is 21.6 Å². The maximum absolute atomic E-state index is 12.3. The quantitative estimate of drug-likeness (QED) is 0.0947. The third kappa shape index (κ3) is 8.73. The third-order valence-electron chi connectivity index (χ3n) is 5.59. The van der Waals surface area contributed by atoms with Crippen molar-refractivity contribution >= 4 is 40.4 Å². The lowest BCUT2D eigenvalue weighted by Crippen LogP contribution is -2.26. The third-order valence-corrected chi connectivity index (χ3v) is 9.82. The molecule has 1 saturated heterocycles. The fourth-order valence-electron chi connectivity index (χ4n) is 3.72. The van der Waals surface area contributed by atoms with E-state index in [-0.39, 0.29) is 25.5 Å². The highest BCUT2D eigenvalue weighted by Gasteiger charge is 2.44. The first kappa shape index (κ1) is 32.3. The summed E-state index contributed by atoms with van der Waals surface area (Å²) in [5.41, 5.74) is 7.51. The molecule has 228 valence electrons. The molecule has 4 rings (SSSR count). The molecule has 21 heteroatoms. The Bertz CT molecular complexity index is 1580. The Kier molecular flexibility index (Phi) is 10.3. The van der Waals surface area contributed by atoms with Crippen molar-refractivity contribution in [2.75, 3.05) is 18.9 Å². The number of imidazole rings is 1. The number of nitrogens with zero attached hydrogens (tertiary/aromatic N) is 4. The normalized spacial score (nSPS) is 23.2. The molecule has 0 amide bonds. The molecule has 18 nitrogen and oxygen atoms in total. The molecule has 3 aromatic rings. The number of phosphoric acid groups is 3.